The summed E-state index contributed by atoms with van der Waals surface area (Å²) in [6.07, 6.45) is 0. The molecule has 0 aliphatic carbocycles. The Balaban J connectivity index is 2.01. The maximum atomic E-state index is 12.6. The molecule has 1 unspecified atom stereocenters. The fourth-order valence-corrected chi connectivity index (χ4v) is 2.75. The predicted molar refractivity (Wildman–Crippen MR) is 105 cm³/mol. The molecule has 2 aromatic carbocycles. The number of hydrogen-bond acceptors (Lipinski definition) is 2. The number of carbonyl (C=O) groups excluding carboxylic acids is 1. The molecular weight excluding hydrogens is 322 g/mol. The van der Waals surface area contributed by atoms with E-state index in [0.29, 0.717) is 11.3 Å². The fraction of sp³-hybridized carbons (Fsp3) is 0.364. The molecule has 0 heterocycles. The van der Waals surface area contributed by atoms with Crippen molar-refractivity contribution in [1.29, 1.82) is 5.26 Å². The molecule has 1 amide bonds. The summed E-state index contributed by atoms with van der Waals surface area (Å²) >= 11 is 0. The third-order valence-corrected chi connectivity index (χ3v) is 4.74. The SMILES string of the molecule is C[C@H](C(=O)Nc1ccccc1C#N)[NH+](C)Cc1ccc(C(C)(C)C)cc1. The third kappa shape index (κ3) is 4.93. The van der Waals surface area contributed by atoms with Crippen molar-refractivity contribution in [1.82, 2.24) is 0 Å². The molecule has 2 rings (SSSR count). The Morgan fingerprint density at radius 3 is 2.35 bits per heavy atom. The van der Waals surface area contributed by atoms with E-state index in [2.05, 4.69) is 56.4 Å². The number of nitrogens with one attached hydrogen (secondary N) is 2. The minimum atomic E-state index is -0.232. The number of para-hydroxylation sites is 1. The van der Waals surface area contributed by atoms with Crippen LogP contribution in [-0.4, -0.2) is 19.0 Å². The summed E-state index contributed by atoms with van der Waals surface area (Å²) in [5.74, 6) is -0.0866. The highest BCUT2D eigenvalue weighted by Gasteiger charge is 2.23. The van der Waals surface area contributed by atoms with Crippen LogP contribution in [0.1, 0.15) is 44.4 Å². The number of nitriles is 1. The van der Waals surface area contributed by atoms with Crippen LogP contribution in [0.25, 0.3) is 0 Å². The number of quaternary nitrogens is 1. The lowest BCUT2D eigenvalue weighted by Crippen LogP contribution is -3.12. The van der Waals surface area contributed by atoms with E-state index in [9.17, 15) is 4.79 Å². The number of rotatable bonds is 5. The smallest absolute Gasteiger partial charge is 0.282 e. The monoisotopic (exact) mass is 350 g/mol. The number of hydrogen-bond donors (Lipinski definition) is 2. The molecule has 4 nitrogen and oxygen atoms in total. The molecule has 0 radical (unpaired) electrons. The second kappa shape index (κ2) is 8.16. The average Bonchev–Trinajstić information content (AvgIpc) is 2.61. The first-order valence-electron chi connectivity index (χ1n) is 8.94. The van der Waals surface area contributed by atoms with E-state index in [1.165, 1.54) is 11.1 Å². The normalized spacial score (nSPS) is 13.5. The van der Waals surface area contributed by atoms with Crippen LogP contribution in [-0.2, 0) is 16.8 Å². The summed E-state index contributed by atoms with van der Waals surface area (Å²) in [4.78, 5) is 13.7. The van der Waals surface area contributed by atoms with Crippen molar-refractivity contribution in [3.05, 3.63) is 65.2 Å². The Morgan fingerprint density at radius 1 is 1.15 bits per heavy atom. The van der Waals surface area contributed by atoms with Gasteiger partial charge in [0.05, 0.1) is 18.3 Å². The number of amides is 1. The molecule has 2 atom stereocenters. The summed E-state index contributed by atoms with van der Waals surface area (Å²) < 4.78 is 0. The van der Waals surface area contributed by atoms with Crippen molar-refractivity contribution in [3.63, 3.8) is 0 Å². The van der Waals surface area contributed by atoms with E-state index < -0.39 is 0 Å². The molecule has 0 saturated carbocycles. The molecule has 0 bridgehead atoms. The number of anilines is 1. The van der Waals surface area contributed by atoms with Crippen molar-refractivity contribution in [2.45, 2.75) is 45.7 Å². The summed E-state index contributed by atoms with van der Waals surface area (Å²) in [5.41, 5.74) is 3.68. The standard InChI is InChI=1S/C22H27N3O/c1-16(21(26)24-20-9-7-6-8-18(20)14-23)25(5)15-17-10-12-19(13-11-17)22(2,3)4/h6-13,16H,15H2,1-5H3,(H,24,26)/p+1/t16-/m1/s1. The molecule has 0 saturated heterocycles. The summed E-state index contributed by atoms with van der Waals surface area (Å²) in [5, 5.41) is 12.0. The first kappa shape index (κ1) is 19.7. The van der Waals surface area contributed by atoms with E-state index in [4.69, 9.17) is 5.26 Å². The quantitative estimate of drug-likeness (QED) is 0.871. The van der Waals surface area contributed by atoms with Gasteiger partial charge in [0.2, 0.25) is 0 Å². The first-order chi connectivity index (χ1) is 12.2. The van der Waals surface area contributed by atoms with Gasteiger partial charge in [0, 0.05) is 5.56 Å². The van der Waals surface area contributed by atoms with Gasteiger partial charge in [-0.1, -0.05) is 57.2 Å². The molecule has 0 aliphatic rings. The molecule has 4 heteroatoms. The summed E-state index contributed by atoms with van der Waals surface area (Å²) in [6.45, 7) is 9.27. The van der Waals surface area contributed by atoms with Crippen LogP contribution >= 0.6 is 0 Å². The highest BCUT2D eigenvalue weighted by molar-refractivity contribution is 5.94. The van der Waals surface area contributed by atoms with Gasteiger partial charge in [-0.05, 0) is 30.0 Å². The van der Waals surface area contributed by atoms with Crippen LogP contribution < -0.4 is 10.2 Å². The molecule has 0 fully saturated rings. The second-order valence-corrected chi connectivity index (χ2v) is 7.84. The van der Waals surface area contributed by atoms with Gasteiger partial charge in [-0.2, -0.15) is 5.26 Å². The van der Waals surface area contributed by atoms with Gasteiger partial charge in [-0.3, -0.25) is 4.79 Å². The molecule has 2 aromatic rings. The number of carbonyl (C=O) groups is 1. The topological polar surface area (TPSA) is 57.3 Å². The van der Waals surface area contributed by atoms with Gasteiger partial charge in [0.25, 0.3) is 5.91 Å². The summed E-state index contributed by atoms with van der Waals surface area (Å²) in [6, 6.07) is 17.5. The first-order valence-corrected chi connectivity index (χ1v) is 8.94. The fourth-order valence-electron chi connectivity index (χ4n) is 2.75. The van der Waals surface area contributed by atoms with Gasteiger partial charge in [-0.25, -0.2) is 0 Å². The molecule has 136 valence electrons. The second-order valence-electron chi connectivity index (χ2n) is 7.84. The van der Waals surface area contributed by atoms with Gasteiger partial charge < -0.3 is 10.2 Å². The van der Waals surface area contributed by atoms with Crippen LogP contribution in [0.2, 0.25) is 0 Å². The number of nitrogens with zero attached hydrogens (tertiary/aromatic N) is 1. The van der Waals surface area contributed by atoms with Gasteiger partial charge in [0.1, 0.15) is 12.6 Å². The Kier molecular flexibility index (Phi) is 6.18. The van der Waals surface area contributed by atoms with Crippen LogP contribution in [0.4, 0.5) is 5.69 Å². The zero-order valence-electron chi connectivity index (χ0n) is 16.3. The molecular formula is C22H28N3O+. The number of benzene rings is 2. The van der Waals surface area contributed by atoms with E-state index >= 15 is 0 Å². The van der Waals surface area contributed by atoms with Crippen molar-refractivity contribution >= 4 is 11.6 Å². The van der Waals surface area contributed by atoms with Crippen LogP contribution in [0.15, 0.2) is 48.5 Å². The lowest BCUT2D eigenvalue weighted by Gasteiger charge is -2.22. The van der Waals surface area contributed by atoms with E-state index in [1.54, 1.807) is 18.2 Å². The van der Waals surface area contributed by atoms with Gasteiger partial charge in [0.15, 0.2) is 6.04 Å². The molecule has 0 aliphatic heterocycles. The van der Waals surface area contributed by atoms with E-state index in [-0.39, 0.29) is 17.4 Å². The van der Waals surface area contributed by atoms with Crippen molar-refractivity contribution < 1.29 is 9.69 Å². The van der Waals surface area contributed by atoms with Crippen molar-refractivity contribution in [2.24, 2.45) is 0 Å². The zero-order valence-corrected chi connectivity index (χ0v) is 16.3. The Labute approximate surface area is 156 Å². The molecule has 0 aromatic heterocycles. The molecule has 0 spiro atoms. The Bertz CT molecular complexity index is 797. The Morgan fingerprint density at radius 2 is 1.77 bits per heavy atom. The largest absolute Gasteiger partial charge is 0.324 e. The predicted octanol–water partition coefficient (Wildman–Crippen LogP) is 2.90. The molecule has 2 N–H and O–H groups in total. The lowest BCUT2D eigenvalue weighted by atomic mass is 9.87. The van der Waals surface area contributed by atoms with Crippen LogP contribution in [0, 0.1) is 11.3 Å². The van der Waals surface area contributed by atoms with Crippen LogP contribution in [0.5, 0.6) is 0 Å². The molecule has 26 heavy (non-hydrogen) atoms. The van der Waals surface area contributed by atoms with Gasteiger partial charge >= 0.3 is 0 Å². The lowest BCUT2D eigenvalue weighted by molar-refractivity contribution is -0.907. The van der Waals surface area contributed by atoms with Gasteiger partial charge in [-0.15, -0.1) is 0 Å². The van der Waals surface area contributed by atoms with E-state index in [1.807, 2.05) is 20.0 Å². The summed E-state index contributed by atoms with van der Waals surface area (Å²) in [7, 11) is 2.01. The average molecular weight is 350 g/mol. The minimum absolute atomic E-state index is 0.0866. The third-order valence-electron chi connectivity index (χ3n) is 4.74. The van der Waals surface area contributed by atoms with Crippen molar-refractivity contribution in [3.8, 4) is 6.07 Å². The highest BCUT2D eigenvalue weighted by Crippen LogP contribution is 2.22. The minimum Gasteiger partial charge on any atom is -0.324 e. The van der Waals surface area contributed by atoms with E-state index in [0.717, 1.165) is 11.4 Å². The zero-order chi connectivity index (χ0) is 19.3. The van der Waals surface area contributed by atoms with Crippen molar-refractivity contribution in [2.75, 3.05) is 12.4 Å². The number of likely N-dealkylation sites (N-methyl/N-ethyl adjacent to an activating group) is 1. The maximum Gasteiger partial charge on any atom is 0.282 e. The maximum absolute atomic E-state index is 12.6. The Hall–Kier alpha value is -2.64. The van der Waals surface area contributed by atoms with Crippen LogP contribution in [0.3, 0.4) is 0 Å². The highest BCUT2D eigenvalue weighted by atomic mass is 16.2.